The summed E-state index contributed by atoms with van der Waals surface area (Å²) in [4.78, 5) is 9.33. The van der Waals surface area contributed by atoms with E-state index in [9.17, 15) is 10.1 Å². The molecule has 0 bridgehead atoms. The zero-order chi connectivity index (χ0) is 7.98. The van der Waals surface area contributed by atoms with Crippen LogP contribution in [-0.4, -0.2) is 11.5 Å². The number of rotatable bonds is 4. The van der Waals surface area contributed by atoms with Crippen molar-refractivity contribution in [2.45, 2.75) is 6.42 Å². The largest absolute Gasteiger partial charge is 0.265 e. The zero-order valence-electron chi connectivity index (χ0n) is 5.41. The van der Waals surface area contributed by atoms with Crippen molar-refractivity contribution in [3.05, 3.63) is 28.7 Å². The summed E-state index contributed by atoms with van der Waals surface area (Å²) in [5.41, 5.74) is 0. The highest BCUT2D eigenvalue weighted by Crippen LogP contribution is 2.03. The van der Waals surface area contributed by atoms with Crippen LogP contribution < -0.4 is 0 Å². The van der Waals surface area contributed by atoms with Crippen LogP contribution in [0.25, 0.3) is 0 Å². The molecule has 0 aromatic rings. The standard InChI is InChI=1S/C6H7N2O2/c1-2-6(5-7)3-4-8(9)10/h2H,1,3-4H2. The molecule has 0 fully saturated rings. The lowest BCUT2D eigenvalue weighted by Crippen LogP contribution is -2.03. The molecule has 0 aliphatic heterocycles. The Labute approximate surface area is 58.9 Å². The summed E-state index contributed by atoms with van der Waals surface area (Å²) in [5.74, 6) is 0.358. The van der Waals surface area contributed by atoms with Crippen LogP contribution in [0.3, 0.4) is 0 Å². The van der Waals surface area contributed by atoms with E-state index in [0.29, 0.717) is 5.92 Å². The SMILES string of the molecule is C=C[C](C#N)CC[N+](=O)[O-]. The molecule has 10 heavy (non-hydrogen) atoms. The average Bonchev–Trinajstić information content (AvgIpc) is 1.90. The zero-order valence-corrected chi connectivity index (χ0v) is 5.41. The lowest BCUT2D eigenvalue weighted by molar-refractivity contribution is -0.479. The fraction of sp³-hybridized carbons (Fsp3) is 0.333. The number of nitrogens with zero attached hydrogens (tertiary/aromatic N) is 2. The van der Waals surface area contributed by atoms with Gasteiger partial charge in [0.2, 0.25) is 6.54 Å². The van der Waals surface area contributed by atoms with Crippen LogP contribution in [-0.2, 0) is 0 Å². The van der Waals surface area contributed by atoms with Gasteiger partial charge in [-0.3, -0.25) is 10.1 Å². The molecule has 0 heterocycles. The monoisotopic (exact) mass is 139 g/mol. The van der Waals surface area contributed by atoms with E-state index in [1.54, 1.807) is 6.07 Å². The van der Waals surface area contributed by atoms with Crippen molar-refractivity contribution >= 4 is 0 Å². The molecule has 0 aromatic carbocycles. The van der Waals surface area contributed by atoms with E-state index in [1.807, 2.05) is 0 Å². The van der Waals surface area contributed by atoms with E-state index >= 15 is 0 Å². The normalized spacial score (nSPS) is 8.80. The molecule has 0 saturated heterocycles. The summed E-state index contributed by atoms with van der Waals surface area (Å²) in [6, 6.07) is 1.80. The number of nitriles is 1. The molecule has 0 aromatic heterocycles. The first-order valence-electron chi connectivity index (χ1n) is 2.71. The van der Waals surface area contributed by atoms with E-state index in [-0.39, 0.29) is 13.0 Å². The van der Waals surface area contributed by atoms with Crippen LogP contribution >= 0.6 is 0 Å². The Kier molecular flexibility index (Phi) is 3.89. The summed E-state index contributed by atoms with van der Waals surface area (Å²) < 4.78 is 0. The number of nitro groups is 1. The third kappa shape index (κ3) is 3.61. The highest BCUT2D eigenvalue weighted by Gasteiger charge is 2.06. The number of allylic oxidation sites excluding steroid dienone is 1. The smallest absolute Gasteiger partial charge is 0.205 e. The Morgan fingerprint density at radius 2 is 2.50 bits per heavy atom. The molecule has 1 radical (unpaired) electrons. The maximum Gasteiger partial charge on any atom is 0.205 e. The van der Waals surface area contributed by atoms with Crippen LogP contribution in [0.2, 0.25) is 0 Å². The second-order valence-corrected chi connectivity index (χ2v) is 1.65. The highest BCUT2D eigenvalue weighted by molar-refractivity contribution is 5.21. The summed E-state index contributed by atoms with van der Waals surface area (Å²) in [7, 11) is 0. The third-order valence-corrected chi connectivity index (χ3v) is 0.954. The molecule has 0 saturated carbocycles. The van der Waals surface area contributed by atoms with Gasteiger partial charge in [0.25, 0.3) is 0 Å². The molecule has 0 unspecified atom stereocenters. The minimum atomic E-state index is -0.458. The minimum absolute atomic E-state index is 0.174. The van der Waals surface area contributed by atoms with Crippen molar-refractivity contribution in [1.29, 1.82) is 5.26 Å². The molecule has 0 amide bonds. The van der Waals surface area contributed by atoms with Gasteiger partial charge in [-0.25, -0.2) is 0 Å². The van der Waals surface area contributed by atoms with Crippen LogP contribution in [0.15, 0.2) is 12.7 Å². The Bertz CT molecular complexity index is 171. The molecule has 0 N–H and O–H groups in total. The first-order chi connectivity index (χ1) is 4.70. The van der Waals surface area contributed by atoms with Gasteiger partial charge in [-0.1, -0.05) is 6.08 Å². The fourth-order valence-electron chi connectivity index (χ4n) is 0.415. The lowest BCUT2D eigenvalue weighted by atomic mass is 10.1. The molecule has 0 rings (SSSR count). The van der Waals surface area contributed by atoms with Crippen molar-refractivity contribution < 1.29 is 4.92 Å². The van der Waals surface area contributed by atoms with Gasteiger partial charge in [-0.2, -0.15) is 5.26 Å². The molecule has 4 heteroatoms. The quantitative estimate of drug-likeness (QED) is 0.430. The number of hydrogen-bond donors (Lipinski definition) is 0. The third-order valence-electron chi connectivity index (χ3n) is 0.954. The van der Waals surface area contributed by atoms with Gasteiger partial charge in [0.05, 0.1) is 6.07 Å². The first kappa shape index (κ1) is 8.63. The molecule has 0 atom stereocenters. The first-order valence-corrected chi connectivity index (χ1v) is 2.71. The van der Waals surface area contributed by atoms with E-state index < -0.39 is 4.92 Å². The van der Waals surface area contributed by atoms with Crippen LogP contribution in [0.1, 0.15) is 6.42 Å². The molecule has 53 valence electrons. The van der Waals surface area contributed by atoms with Crippen molar-refractivity contribution in [3.8, 4) is 6.07 Å². The van der Waals surface area contributed by atoms with Gasteiger partial charge in [-0.15, -0.1) is 6.58 Å². The lowest BCUT2D eigenvalue weighted by Gasteiger charge is -1.94. The molecular weight excluding hydrogens is 132 g/mol. The maximum atomic E-state index is 9.78. The highest BCUT2D eigenvalue weighted by atomic mass is 16.6. The van der Waals surface area contributed by atoms with Gasteiger partial charge in [0, 0.05) is 11.3 Å². The topological polar surface area (TPSA) is 66.9 Å². The number of hydrogen-bond acceptors (Lipinski definition) is 3. The van der Waals surface area contributed by atoms with Crippen molar-refractivity contribution in [3.63, 3.8) is 0 Å². The molecule has 4 nitrogen and oxygen atoms in total. The maximum absolute atomic E-state index is 9.78. The molecule has 0 aliphatic rings. The fourth-order valence-corrected chi connectivity index (χ4v) is 0.415. The Hall–Kier alpha value is -1.37. The van der Waals surface area contributed by atoms with Gasteiger partial charge >= 0.3 is 0 Å². The van der Waals surface area contributed by atoms with E-state index in [2.05, 4.69) is 6.58 Å². The van der Waals surface area contributed by atoms with Crippen LogP contribution in [0.5, 0.6) is 0 Å². The van der Waals surface area contributed by atoms with Crippen molar-refractivity contribution in [2.24, 2.45) is 0 Å². The molecular formula is C6H7N2O2. The average molecular weight is 139 g/mol. The Morgan fingerprint density at radius 3 is 2.80 bits per heavy atom. The van der Waals surface area contributed by atoms with Crippen LogP contribution in [0.4, 0.5) is 0 Å². The predicted octanol–water partition coefficient (Wildman–Crippen LogP) is 0.937. The van der Waals surface area contributed by atoms with Gasteiger partial charge < -0.3 is 0 Å². The van der Waals surface area contributed by atoms with Crippen LogP contribution in [0, 0.1) is 27.4 Å². The van der Waals surface area contributed by atoms with E-state index in [1.165, 1.54) is 6.08 Å². The van der Waals surface area contributed by atoms with Gasteiger partial charge in [-0.05, 0) is 0 Å². The van der Waals surface area contributed by atoms with E-state index in [4.69, 9.17) is 5.26 Å². The predicted molar refractivity (Wildman–Crippen MR) is 35.5 cm³/mol. The summed E-state index contributed by atoms with van der Waals surface area (Å²) in [6.45, 7) is 3.13. The van der Waals surface area contributed by atoms with E-state index in [0.717, 1.165) is 0 Å². The summed E-state index contributed by atoms with van der Waals surface area (Å²) in [6.07, 6.45) is 1.51. The second kappa shape index (κ2) is 4.50. The van der Waals surface area contributed by atoms with Gasteiger partial charge in [0.1, 0.15) is 5.92 Å². The van der Waals surface area contributed by atoms with Crippen molar-refractivity contribution in [2.75, 3.05) is 6.54 Å². The van der Waals surface area contributed by atoms with Crippen molar-refractivity contribution in [1.82, 2.24) is 0 Å². The second-order valence-electron chi connectivity index (χ2n) is 1.65. The molecule has 0 aliphatic carbocycles. The summed E-state index contributed by atoms with van der Waals surface area (Å²) >= 11 is 0. The minimum Gasteiger partial charge on any atom is -0.265 e. The Balaban J connectivity index is 3.57. The summed E-state index contributed by atoms with van der Waals surface area (Å²) in [5, 5.41) is 18.0. The Morgan fingerprint density at radius 1 is 1.90 bits per heavy atom. The molecule has 0 spiro atoms. The van der Waals surface area contributed by atoms with Gasteiger partial charge in [0.15, 0.2) is 0 Å².